The highest BCUT2D eigenvalue weighted by atomic mass is 32.2. The highest BCUT2D eigenvalue weighted by Gasteiger charge is 2.30. The fourth-order valence-corrected chi connectivity index (χ4v) is 5.59. The van der Waals surface area contributed by atoms with Crippen LogP contribution in [0.1, 0.15) is 18.4 Å². The topological polar surface area (TPSA) is 161 Å². The smallest absolute Gasteiger partial charge is 0.293 e. The molecule has 14 heteroatoms. The molecule has 0 radical (unpaired) electrons. The van der Waals surface area contributed by atoms with Gasteiger partial charge in [0.1, 0.15) is 10.6 Å². The van der Waals surface area contributed by atoms with Crippen molar-refractivity contribution in [2.24, 2.45) is 5.10 Å². The third-order valence-electron chi connectivity index (χ3n) is 5.81. The summed E-state index contributed by atoms with van der Waals surface area (Å²) in [5.74, 6) is 0. The Hall–Kier alpha value is -3.62. The lowest BCUT2D eigenvalue weighted by atomic mass is 10.1. The molecule has 2 aromatic rings. The number of morpholine rings is 1. The summed E-state index contributed by atoms with van der Waals surface area (Å²) in [7, 11) is -4.06. The molecular weight excluding hydrogens is 480 g/mol. The molecule has 0 spiro atoms. The third-order valence-corrected chi connectivity index (χ3v) is 7.74. The Kier molecular flexibility index (Phi) is 7.23. The van der Waals surface area contributed by atoms with Gasteiger partial charge in [-0.25, -0.2) is 8.42 Å². The lowest BCUT2D eigenvalue weighted by Gasteiger charge is -2.26. The van der Waals surface area contributed by atoms with E-state index < -0.39 is 19.9 Å². The van der Waals surface area contributed by atoms with E-state index in [9.17, 15) is 28.6 Å². The van der Waals surface area contributed by atoms with Gasteiger partial charge in [-0.1, -0.05) is 6.07 Å². The molecule has 0 saturated carbocycles. The van der Waals surface area contributed by atoms with Crippen molar-refractivity contribution in [3.8, 4) is 0 Å². The molecule has 0 aliphatic carbocycles. The lowest BCUT2D eigenvalue weighted by molar-refractivity contribution is -0.385. The monoisotopic (exact) mass is 504 g/mol. The summed E-state index contributed by atoms with van der Waals surface area (Å²) in [5.41, 5.74) is 3.23. The van der Waals surface area contributed by atoms with E-state index >= 15 is 0 Å². The standard InChI is InChI=1S/C21H24N6O7S/c28-26(29)17-4-5-18(21(14-17)35(32,33)25-9-11-34-12-10-25)23-22-15-16-3-6-19(20(13-16)27(30)31)24-7-1-2-8-24/h3-6,13-15,23H,1-2,7-12H2/b22-15-. The molecule has 2 aliphatic rings. The number of anilines is 2. The van der Waals surface area contributed by atoms with Crippen molar-refractivity contribution in [1.82, 2.24) is 4.31 Å². The van der Waals surface area contributed by atoms with Gasteiger partial charge < -0.3 is 9.64 Å². The van der Waals surface area contributed by atoms with Crippen LogP contribution in [0, 0.1) is 20.2 Å². The second kappa shape index (κ2) is 10.3. The van der Waals surface area contributed by atoms with Crippen LogP contribution in [0.25, 0.3) is 0 Å². The molecule has 2 fully saturated rings. The first-order chi connectivity index (χ1) is 16.8. The van der Waals surface area contributed by atoms with Crippen molar-refractivity contribution >= 4 is 39.0 Å². The largest absolute Gasteiger partial charge is 0.379 e. The van der Waals surface area contributed by atoms with Gasteiger partial charge in [0.15, 0.2) is 0 Å². The maximum atomic E-state index is 13.2. The lowest BCUT2D eigenvalue weighted by Crippen LogP contribution is -2.40. The number of nitrogens with one attached hydrogen (secondary N) is 1. The molecule has 4 rings (SSSR count). The fourth-order valence-electron chi connectivity index (χ4n) is 4.03. The van der Waals surface area contributed by atoms with Gasteiger partial charge in [0.05, 0.1) is 35.0 Å². The number of nitro benzene ring substituents is 2. The predicted molar refractivity (Wildman–Crippen MR) is 128 cm³/mol. The number of nitrogens with zero attached hydrogens (tertiary/aromatic N) is 5. The molecule has 0 unspecified atom stereocenters. The predicted octanol–water partition coefficient (Wildman–Crippen LogP) is 2.57. The molecule has 0 amide bonds. The van der Waals surface area contributed by atoms with Crippen LogP contribution < -0.4 is 10.3 Å². The molecule has 186 valence electrons. The van der Waals surface area contributed by atoms with Crippen molar-refractivity contribution < 1.29 is 23.0 Å². The molecule has 35 heavy (non-hydrogen) atoms. The van der Waals surface area contributed by atoms with Gasteiger partial charge in [-0.05, 0) is 25.0 Å². The molecule has 13 nitrogen and oxygen atoms in total. The van der Waals surface area contributed by atoms with E-state index in [1.807, 2.05) is 4.90 Å². The number of hydrazone groups is 1. The van der Waals surface area contributed by atoms with Gasteiger partial charge >= 0.3 is 0 Å². The van der Waals surface area contributed by atoms with Crippen LogP contribution in [0.15, 0.2) is 46.4 Å². The van der Waals surface area contributed by atoms with Gasteiger partial charge in [-0.15, -0.1) is 0 Å². The first-order valence-corrected chi connectivity index (χ1v) is 12.4. The van der Waals surface area contributed by atoms with E-state index in [2.05, 4.69) is 10.5 Å². The zero-order valence-electron chi connectivity index (χ0n) is 18.7. The van der Waals surface area contributed by atoms with Crippen molar-refractivity contribution in [2.75, 3.05) is 49.7 Å². The molecule has 0 bridgehead atoms. The summed E-state index contributed by atoms with van der Waals surface area (Å²) in [5, 5.41) is 26.9. The minimum atomic E-state index is -4.06. The molecule has 2 heterocycles. The summed E-state index contributed by atoms with van der Waals surface area (Å²) in [6.07, 6.45) is 3.29. The van der Waals surface area contributed by atoms with Gasteiger partial charge in [0, 0.05) is 49.9 Å². The number of sulfonamides is 1. The maximum Gasteiger partial charge on any atom is 0.293 e. The molecule has 2 saturated heterocycles. The number of non-ortho nitro benzene ring substituents is 1. The normalized spacial score (nSPS) is 17.1. The summed E-state index contributed by atoms with van der Waals surface area (Å²) in [4.78, 5) is 23.4. The fraction of sp³-hybridized carbons (Fsp3) is 0.381. The minimum Gasteiger partial charge on any atom is -0.379 e. The van der Waals surface area contributed by atoms with Crippen LogP contribution in [0.2, 0.25) is 0 Å². The number of hydrogen-bond acceptors (Lipinski definition) is 10. The first-order valence-electron chi connectivity index (χ1n) is 11.0. The van der Waals surface area contributed by atoms with Crippen molar-refractivity contribution in [3.63, 3.8) is 0 Å². The number of rotatable bonds is 8. The average molecular weight is 505 g/mol. The summed E-state index contributed by atoms with van der Waals surface area (Å²) in [6, 6.07) is 8.18. The molecule has 2 aromatic carbocycles. The Bertz CT molecular complexity index is 1250. The van der Waals surface area contributed by atoms with Crippen LogP contribution in [0.3, 0.4) is 0 Å². The number of hydrogen-bond donors (Lipinski definition) is 1. The molecule has 1 N–H and O–H groups in total. The van der Waals surface area contributed by atoms with E-state index in [1.54, 1.807) is 12.1 Å². The Morgan fingerprint density at radius 1 is 0.971 bits per heavy atom. The Morgan fingerprint density at radius 3 is 2.34 bits per heavy atom. The Balaban J connectivity index is 1.60. The van der Waals surface area contributed by atoms with Gasteiger partial charge in [0.25, 0.3) is 11.4 Å². The van der Waals surface area contributed by atoms with Crippen LogP contribution in [-0.4, -0.2) is 68.2 Å². The molecular formula is C21H24N6O7S. The first kappa shape index (κ1) is 24.5. The number of nitro groups is 2. The second-order valence-electron chi connectivity index (χ2n) is 8.02. The molecule has 0 aromatic heterocycles. The third kappa shape index (κ3) is 5.39. The molecule has 2 aliphatic heterocycles. The van der Waals surface area contributed by atoms with Crippen molar-refractivity contribution in [1.29, 1.82) is 0 Å². The highest BCUT2D eigenvalue weighted by molar-refractivity contribution is 7.89. The van der Waals surface area contributed by atoms with E-state index in [0.717, 1.165) is 32.0 Å². The average Bonchev–Trinajstić information content (AvgIpc) is 3.39. The quantitative estimate of drug-likeness (QED) is 0.324. The summed E-state index contributed by atoms with van der Waals surface area (Å²) >= 11 is 0. The van der Waals surface area contributed by atoms with E-state index in [1.165, 1.54) is 28.7 Å². The summed E-state index contributed by atoms with van der Waals surface area (Å²) < 4.78 is 32.7. The van der Waals surface area contributed by atoms with E-state index in [4.69, 9.17) is 4.74 Å². The maximum absolute atomic E-state index is 13.2. The number of benzene rings is 2. The van der Waals surface area contributed by atoms with Crippen LogP contribution in [0.4, 0.5) is 22.7 Å². The summed E-state index contributed by atoms with van der Waals surface area (Å²) in [6.45, 7) is 2.22. The van der Waals surface area contributed by atoms with E-state index in [0.29, 0.717) is 11.3 Å². The zero-order chi connectivity index (χ0) is 25.0. The van der Waals surface area contributed by atoms with Crippen LogP contribution in [-0.2, 0) is 14.8 Å². The van der Waals surface area contributed by atoms with Crippen molar-refractivity contribution in [2.45, 2.75) is 17.7 Å². The zero-order valence-corrected chi connectivity index (χ0v) is 19.5. The van der Waals surface area contributed by atoms with E-state index in [-0.39, 0.29) is 48.3 Å². The highest BCUT2D eigenvalue weighted by Crippen LogP contribution is 2.32. The Labute approximate surface area is 201 Å². The van der Waals surface area contributed by atoms with Crippen molar-refractivity contribution in [3.05, 3.63) is 62.2 Å². The van der Waals surface area contributed by atoms with Crippen LogP contribution >= 0.6 is 0 Å². The van der Waals surface area contributed by atoms with Gasteiger partial charge in [-0.3, -0.25) is 25.7 Å². The SMILES string of the molecule is O=[N+]([O-])c1ccc(N/N=C\c2ccc(N3CCCC3)c([N+](=O)[O-])c2)c(S(=O)(=O)N2CCOCC2)c1. The second-order valence-corrected chi connectivity index (χ2v) is 9.93. The van der Waals surface area contributed by atoms with Crippen LogP contribution in [0.5, 0.6) is 0 Å². The Morgan fingerprint density at radius 2 is 1.69 bits per heavy atom. The van der Waals surface area contributed by atoms with Gasteiger partial charge in [0.2, 0.25) is 10.0 Å². The molecule has 0 atom stereocenters. The van der Waals surface area contributed by atoms with Gasteiger partial charge in [-0.2, -0.15) is 9.41 Å². The minimum absolute atomic E-state index is 0.0400. The number of ether oxygens (including phenoxy) is 1.